The van der Waals surface area contributed by atoms with Gasteiger partial charge in [-0.05, 0) is 31.6 Å². The van der Waals surface area contributed by atoms with Crippen molar-refractivity contribution in [2.24, 2.45) is 5.92 Å². The Morgan fingerprint density at radius 3 is 1.36 bits per heavy atom. The summed E-state index contributed by atoms with van der Waals surface area (Å²) in [6, 6.07) is 0. The summed E-state index contributed by atoms with van der Waals surface area (Å²) in [7, 11) is 0. The van der Waals surface area contributed by atoms with E-state index in [4.69, 9.17) is 9.84 Å². The van der Waals surface area contributed by atoms with Gasteiger partial charge in [-0.25, -0.2) is 4.79 Å². The third-order valence-corrected chi connectivity index (χ3v) is 7.51. The maximum Gasteiger partial charge on any atom is 0.336 e. The predicted octanol–water partition coefficient (Wildman–Crippen LogP) is 8.45. The standard InChI is InChI=1S/C32H60O7/c1-4-5-6-7-8-9-10-11-12-13-14-15-16-20-23-28(24-21-18-17-19-22-27(2)3)39-30(35)26-32(38,31(36)37)25-29(33)34/h27-28,38H,4-26H2,1-3H3,(H,33,34)(H,36,37). The van der Waals surface area contributed by atoms with Gasteiger partial charge >= 0.3 is 17.9 Å². The lowest BCUT2D eigenvalue weighted by Gasteiger charge is -2.23. The molecule has 0 heterocycles. The van der Waals surface area contributed by atoms with Crippen LogP contribution in [-0.2, 0) is 19.1 Å². The fourth-order valence-electron chi connectivity index (χ4n) is 5.04. The molecule has 0 radical (unpaired) electrons. The molecular weight excluding hydrogens is 496 g/mol. The van der Waals surface area contributed by atoms with Crippen molar-refractivity contribution in [3.63, 3.8) is 0 Å². The van der Waals surface area contributed by atoms with Gasteiger partial charge in [0.05, 0.1) is 12.8 Å². The smallest absolute Gasteiger partial charge is 0.336 e. The van der Waals surface area contributed by atoms with Crippen LogP contribution in [0.3, 0.4) is 0 Å². The van der Waals surface area contributed by atoms with E-state index in [-0.39, 0.29) is 6.10 Å². The lowest BCUT2D eigenvalue weighted by Crippen LogP contribution is -2.43. The monoisotopic (exact) mass is 556 g/mol. The van der Waals surface area contributed by atoms with E-state index >= 15 is 0 Å². The third kappa shape index (κ3) is 22.8. The molecule has 2 atom stereocenters. The van der Waals surface area contributed by atoms with Crippen molar-refractivity contribution in [3.05, 3.63) is 0 Å². The minimum atomic E-state index is -2.65. The number of aliphatic hydroxyl groups is 1. The zero-order valence-corrected chi connectivity index (χ0v) is 25.4. The fraction of sp³-hybridized carbons (Fsp3) is 0.906. The van der Waals surface area contributed by atoms with E-state index in [0.717, 1.165) is 38.5 Å². The second-order valence-corrected chi connectivity index (χ2v) is 12.0. The maximum absolute atomic E-state index is 12.5. The van der Waals surface area contributed by atoms with Gasteiger partial charge in [0.2, 0.25) is 0 Å². The summed E-state index contributed by atoms with van der Waals surface area (Å²) in [6.45, 7) is 6.68. The SMILES string of the molecule is CCCCCCCCCCCCCCCCC(CCCCCCC(C)C)OC(=O)CC(O)(CC(=O)O)C(=O)O. The van der Waals surface area contributed by atoms with Crippen LogP contribution in [0.4, 0.5) is 0 Å². The molecule has 0 bridgehead atoms. The van der Waals surface area contributed by atoms with Crippen molar-refractivity contribution in [2.45, 2.75) is 180 Å². The van der Waals surface area contributed by atoms with E-state index in [0.29, 0.717) is 18.8 Å². The van der Waals surface area contributed by atoms with Crippen molar-refractivity contribution in [1.82, 2.24) is 0 Å². The molecule has 230 valence electrons. The third-order valence-electron chi connectivity index (χ3n) is 7.51. The largest absolute Gasteiger partial charge is 0.481 e. The summed E-state index contributed by atoms with van der Waals surface area (Å²) in [5.41, 5.74) is -2.65. The fourth-order valence-corrected chi connectivity index (χ4v) is 5.04. The molecule has 0 amide bonds. The van der Waals surface area contributed by atoms with Crippen LogP contribution >= 0.6 is 0 Å². The molecule has 3 N–H and O–H groups in total. The van der Waals surface area contributed by atoms with Gasteiger partial charge in [0.25, 0.3) is 0 Å². The first-order valence-corrected chi connectivity index (χ1v) is 16.0. The van der Waals surface area contributed by atoms with Crippen LogP contribution in [0.15, 0.2) is 0 Å². The Labute approximate surface area is 238 Å². The van der Waals surface area contributed by atoms with Crippen LogP contribution in [0.5, 0.6) is 0 Å². The Morgan fingerprint density at radius 1 is 0.615 bits per heavy atom. The first kappa shape index (κ1) is 37.4. The van der Waals surface area contributed by atoms with E-state index in [1.165, 1.54) is 83.5 Å². The van der Waals surface area contributed by atoms with E-state index in [9.17, 15) is 24.6 Å². The number of carboxylic acids is 2. The summed E-state index contributed by atoms with van der Waals surface area (Å²) < 4.78 is 5.58. The van der Waals surface area contributed by atoms with E-state index in [1.807, 2.05) is 0 Å². The molecule has 0 aromatic rings. The first-order chi connectivity index (χ1) is 18.6. The summed E-state index contributed by atoms with van der Waals surface area (Å²) in [5, 5.41) is 28.4. The summed E-state index contributed by atoms with van der Waals surface area (Å²) in [4.78, 5) is 34.8. The number of hydrogen-bond acceptors (Lipinski definition) is 5. The minimum absolute atomic E-state index is 0.331. The molecule has 0 aromatic carbocycles. The second kappa shape index (κ2) is 24.2. The van der Waals surface area contributed by atoms with Gasteiger partial charge in [0.15, 0.2) is 5.60 Å². The molecule has 0 spiro atoms. The highest BCUT2D eigenvalue weighted by Gasteiger charge is 2.41. The highest BCUT2D eigenvalue weighted by Crippen LogP contribution is 2.22. The Kier molecular flexibility index (Phi) is 23.2. The number of unbranched alkanes of at least 4 members (excludes halogenated alkanes) is 16. The molecule has 0 aromatic heterocycles. The molecule has 0 fully saturated rings. The lowest BCUT2D eigenvalue weighted by atomic mass is 9.95. The highest BCUT2D eigenvalue weighted by molar-refractivity contribution is 5.88. The van der Waals surface area contributed by atoms with Gasteiger partial charge in [-0.3, -0.25) is 9.59 Å². The summed E-state index contributed by atoms with van der Waals surface area (Å²) >= 11 is 0. The Balaban J connectivity index is 4.35. The predicted molar refractivity (Wildman–Crippen MR) is 157 cm³/mol. The van der Waals surface area contributed by atoms with Gasteiger partial charge in [0.1, 0.15) is 6.10 Å². The summed E-state index contributed by atoms with van der Waals surface area (Å²) in [5.74, 6) is -3.36. The molecule has 0 aliphatic carbocycles. The Morgan fingerprint density at radius 2 is 1.00 bits per heavy atom. The molecular formula is C32H60O7. The molecule has 7 heteroatoms. The van der Waals surface area contributed by atoms with Gasteiger partial charge in [-0.1, -0.05) is 130 Å². The van der Waals surface area contributed by atoms with Crippen molar-refractivity contribution in [1.29, 1.82) is 0 Å². The van der Waals surface area contributed by atoms with E-state index in [1.54, 1.807) is 0 Å². The van der Waals surface area contributed by atoms with E-state index in [2.05, 4.69) is 20.8 Å². The quantitative estimate of drug-likeness (QED) is 0.0653. The second-order valence-electron chi connectivity index (χ2n) is 12.0. The van der Waals surface area contributed by atoms with Crippen LogP contribution < -0.4 is 0 Å². The van der Waals surface area contributed by atoms with Crippen molar-refractivity contribution >= 4 is 17.9 Å². The molecule has 0 aliphatic rings. The van der Waals surface area contributed by atoms with Crippen molar-refractivity contribution in [2.75, 3.05) is 0 Å². The van der Waals surface area contributed by atoms with E-state index < -0.39 is 36.4 Å². The van der Waals surface area contributed by atoms with Crippen LogP contribution in [0, 0.1) is 5.92 Å². The van der Waals surface area contributed by atoms with Crippen LogP contribution in [0.2, 0.25) is 0 Å². The molecule has 7 nitrogen and oxygen atoms in total. The Bertz CT molecular complexity index is 634. The molecule has 0 aliphatic heterocycles. The van der Waals surface area contributed by atoms with Crippen LogP contribution in [-0.4, -0.2) is 44.9 Å². The number of aliphatic carboxylic acids is 2. The van der Waals surface area contributed by atoms with Crippen LogP contribution in [0.1, 0.15) is 168 Å². The number of esters is 1. The average Bonchev–Trinajstić information content (AvgIpc) is 2.85. The maximum atomic E-state index is 12.5. The number of carbonyl (C=O) groups excluding carboxylic acids is 1. The van der Waals surface area contributed by atoms with Gasteiger partial charge in [0, 0.05) is 0 Å². The molecule has 0 saturated heterocycles. The summed E-state index contributed by atoms with van der Waals surface area (Å²) in [6.07, 6.45) is 22.4. The van der Waals surface area contributed by atoms with Gasteiger partial charge in [-0.15, -0.1) is 0 Å². The first-order valence-electron chi connectivity index (χ1n) is 16.0. The van der Waals surface area contributed by atoms with Crippen molar-refractivity contribution < 1.29 is 34.4 Å². The lowest BCUT2D eigenvalue weighted by molar-refractivity contribution is -0.173. The number of carbonyl (C=O) groups is 3. The normalized spacial score (nSPS) is 13.8. The highest BCUT2D eigenvalue weighted by atomic mass is 16.5. The topological polar surface area (TPSA) is 121 Å². The molecule has 2 unspecified atom stereocenters. The number of carboxylic acid groups (broad SMARTS) is 2. The zero-order chi connectivity index (χ0) is 29.4. The minimum Gasteiger partial charge on any atom is -0.481 e. The Hall–Kier alpha value is -1.63. The number of ether oxygens (including phenoxy) is 1. The molecule has 39 heavy (non-hydrogen) atoms. The van der Waals surface area contributed by atoms with Gasteiger partial charge in [-0.2, -0.15) is 0 Å². The molecule has 0 saturated carbocycles. The van der Waals surface area contributed by atoms with Crippen molar-refractivity contribution in [3.8, 4) is 0 Å². The zero-order valence-electron chi connectivity index (χ0n) is 25.4. The van der Waals surface area contributed by atoms with Crippen LogP contribution in [0.25, 0.3) is 0 Å². The van der Waals surface area contributed by atoms with Gasteiger partial charge < -0.3 is 20.1 Å². The average molecular weight is 557 g/mol. The number of rotatable bonds is 28. The number of hydrogen-bond donors (Lipinski definition) is 3. The molecule has 0 rings (SSSR count).